The van der Waals surface area contributed by atoms with Crippen LogP contribution in [0.2, 0.25) is 0 Å². The van der Waals surface area contributed by atoms with Crippen LogP contribution in [0.25, 0.3) is 0 Å². The standard InChI is InChI=1S/C16H23NO4/c1-16(2,3)21-15(19)13(17)9-10-14(18)20-11-12-7-5-4-6-8-12/h4-8,13H,9-11,17H2,1-3H3/p+1/t13-/m0/s1. The van der Waals surface area contributed by atoms with Crippen molar-refractivity contribution in [3.8, 4) is 0 Å². The summed E-state index contributed by atoms with van der Waals surface area (Å²) in [5.74, 6) is -0.727. The van der Waals surface area contributed by atoms with Gasteiger partial charge < -0.3 is 15.2 Å². The predicted molar refractivity (Wildman–Crippen MR) is 78.0 cm³/mol. The fraction of sp³-hybridized carbons (Fsp3) is 0.500. The highest BCUT2D eigenvalue weighted by Crippen LogP contribution is 2.09. The van der Waals surface area contributed by atoms with E-state index in [1.165, 1.54) is 0 Å². The molecule has 0 spiro atoms. The summed E-state index contributed by atoms with van der Waals surface area (Å²) in [5.41, 5.74) is 4.12. The predicted octanol–water partition coefficient (Wildman–Crippen LogP) is 1.46. The molecular weight excluding hydrogens is 270 g/mol. The van der Waals surface area contributed by atoms with Crippen LogP contribution in [0.4, 0.5) is 0 Å². The molecule has 3 N–H and O–H groups in total. The fourth-order valence-electron chi connectivity index (χ4n) is 1.61. The molecule has 0 fully saturated rings. The van der Waals surface area contributed by atoms with Gasteiger partial charge in [-0.2, -0.15) is 0 Å². The third-order valence-corrected chi connectivity index (χ3v) is 2.68. The van der Waals surface area contributed by atoms with E-state index in [1.54, 1.807) is 20.8 Å². The quantitative estimate of drug-likeness (QED) is 0.806. The molecule has 1 atom stereocenters. The molecule has 1 rings (SSSR count). The van der Waals surface area contributed by atoms with Crippen LogP contribution in [-0.2, 0) is 25.7 Å². The number of ether oxygens (including phenoxy) is 2. The highest BCUT2D eigenvalue weighted by molar-refractivity contribution is 5.76. The van der Waals surface area contributed by atoms with Crippen LogP contribution in [-0.4, -0.2) is 23.6 Å². The number of hydrogen-bond acceptors (Lipinski definition) is 4. The van der Waals surface area contributed by atoms with E-state index in [0.29, 0.717) is 6.42 Å². The Balaban J connectivity index is 2.28. The first kappa shape index (κ1) is 17.2. The van der Waals surface area contributed by atoms with Crippen molar-refractivity contribution in [1.29, 1.82) is 0 Å². The summed E-state index contributed by atoms with van der Waals surface area (Å²) in [6.45, 7) is 5.64. The van der Waals surface area contributed by atoms with Gasteiger partial charge in [0.2, 0.25) is 0 Å². The first-order valence-electron chi connectivity index (χ1n) is 7.03. The van der Waals surface area contributed by atoms with Gasteiger partial charge in [0.1, 0.15) is 12.2 Å². The second-order valence-electron chi connectivity index (χ2n) is 5.92. The smallest absolute Gasteiger partial charge is 0.365 e. The lowest BCUT2D eigenvalue weighted by Gasteiger charge is -2.20. The lowest BCUT2D eigenvalue weighted by molar-refractivity contribution is -0.410. The Morgan fingerprint density at radius 3 is 2.38 bits per heavy atom. The van der Waals surface area contributed by atoms with E-state index in [4.69, 9.17) is 9.47 Å². The molecule has 0 bridgehead atoms. The van der Waals surface area contributed by atoms with Gasteiger partial charge in [-0.3, -0.25) is 4.79 Å². The molecule has 0 aliphatic carbocycles. The SMILES string of the molecule is CC(C)(C)OC(=O)[C@@H]([NH3+])CCC(=O)OCc1ccccc1. The molecule has 0 aliphatic heterocycles. The minimum Gasteiger partial charge on any atom is -0.461 e. The molecule has 5 nitrogen and oxygen atoms in total. The van der Waals surface area contributed by atoms with Crippen LogP contribution in [0.15, 0.2) is 30.3 Å². The molecule has 1 aromatic carbocycles. The molecule has 0 aromatic heterocycles. The summed E-state index contributed by atoms with van der Waals surface area (Å²) in [4.78, 5) is 23.3. The van der Waals surface area contributed by atoms with E-state index in [9.17, 15) is 9.59 Å². The molecule has 0 aliphatic rings. The highest BCUT2D eigenvalue weighted by Gasteiger charge is 2.25. The number of esters is 2. The van der Waals surface area contributed by atoms with Crippen LogP contribution in [0.3, 0.4) is 0 Å². The van der Waals surface area contributed by atoms with Crippen LogP contribution < -0.4 is 5.73 Å². The Bertz CT molecular complexity index is 465. The minimum absolute atomic E-state index is 0.153. The highest BCUT2D eigenvalue weighted by atomic mass is 16.6. The largest absolute Gasteiger partial charge is 0.461 e. The van der Waals surface area contributed by atoms with Gasteiger partial charge in [-0.05, 0) is 26.3 Å². The van der Waals surface area contributed by atoms with Gasteiger partial charge in [-0.1, -0.05) is 30.3 Å². The third-order valence-electron chi connectivity index (χ3n) is 2.68. The van der Waals surface area contributed by atoms with Crippen LogP contribution in [0.5, 0.6) is 0 Å². The molecule has 0 saturated carbocycles. The van der Waals surface area contributed by atoms with Gasteiger partial charge in [0.05, 0.1) is 6.42 Å². The number of carbonyl (C=O) groups excluding carboxylic acids is 2. The normalized spacial score (nSPS) is 12.6. The Morgan fingerprint density at radius 1 is 1.19 bits per heavy atom. The van der Waals surface area contributed by atoms with Crippen molar-refractivity contribution in [3.63, 3.8) is 0 Å². The van der Waals surface area contributed by atoms with Gasteiger partial charge >= 0.3 is 11.9 Å². The zero-order valence-electron chi connectivity index (χ0n) is 12.9. The van der Waals surface area contributed by atoms with Crippen LogP contribution in [0, 0.1) is 0 Å². The Labute approximate surface area is 125 Å². The van der Waals surface area contributed by atoms with Crippen molar-refractivity contribution in [2.24, 2.45) is 0 Å². The number of rotatable bonds is 6. The maximum Gasteiger partial charge on any atom is 0.365 e. The van der Waals surface area contributed by atoms with Crippen molar-refractivity contribution in [3.05, 3.63) is 35.9 Å². The van der Waals surface area contributed by atoms with Gasteiger partial charge in [-0.25, -0.2) is 4.79 Å². The molecule has 0 saturated heterocycles. The molecule has 116 valence electrons. The fourth-order valence-corrected chi connectivity index (χ4v) is 1.61. The summed E-state index contributed by atoms with van der Waals surface area (Å²) in [5, 5.41) is 0. The van der Waals surface area contributed by atoms with Crippen LogP contribution >= 0.6 is 0 Å². The second-order valence-corrected chi connectivity index (χ2v) is 5.92. The molecule has 1 aromatic rings. The van der Waals surface area contributed by atoms with Crippen molar-refractivity contribution in [1.82, 2.24) is 0 Å². The van der Waals surface area contributed by atoms with E-state index < -0.39 is 17.6 Å². The summed E-state index contributed by atoms with van der Waals surface area (Å²) in [6, 6.07) is 8.89. The van der Waals surface area contributed by atoms with Crippen molar-refractivity contribution in [2.75, 3.05) is 0 Å². The monoisotopic (exact) mass is 294 g/mol. The molecule has 5 heteroatoms. The van der Waals surface area contributed by atoms with E-state index in [-0.39, 0.29) is 19.0 Å². The number of benzene rings is 1. The first-order valence-corrected chi connectivity index (χ1v) is 7.03. The average Bonchev–Trinajstić information content (AvgIpc) is 2.41. The van der Waals surface area contributed by atoms with E-state index >= 15 is 0 Å². The summed E-state index contributed by atoms with van der Waals surface area (Å²) in [6.07, 6.45) is 0.475. The summed E-state index contributed by atoms with van der Waals surface area (Å²) < 4.78 is 10.3. The summed E-state index contributed by atoms with van der Waals surface area (Å²) >= 11 is 0. The van der Waals surface area contributed by atoms with Crippen molar-refractivity contribution < 1.29 is 24.8 Å². The van der Waals surface area contributed by atoms with Gasteiger partial charge in [0, 0.05) is 6.42 Å². The van der Waals surface area contributed by atoms with Gasteiger partial charge in [0.25, 0.3) is 0 Å². The number of carbonyl (C=O) groups is 2. The molecule has 0 unspecified atom stereocenters. The zero-order valence-corrected chi connectivity index (χ0v) is 12.9. The minimum atomic E-state index is -0.562. The van der Waals surface area contributed by atoms with Crippen molar-refractivity contribution in [2.45, 2.75) is 51.9 Å². The molecule has 21 heavy (non-hydrogen) atoms. The molecule has 0 radical (unpaired) electrons. The Morgan fingerprint density at radius 2 is 1.81 bits per heavy atom. The van der Waals surface area contributed by atoms with E-state index in [1.807, 2.05) is 30.3 Å². The third kappa shape index (κ3) is 7.46. The molecule has 0 heterocycles. The molecule has 0 amide bonds. The second kappa shape index (κ2) is 7.78. The summed E-state index contributed by atoms with van der Waals surface area (Å²) in [7, 11) is 0. The molecular formula is C16H24NO4+. The maximum absolute atomic E-state index is 11.7. The Hall–Kier alpha value is -1.88. The lowest BCUT2D eigenvalue weighted by Crippen LogP contribution is -2.66. The van der Waals surface area contributed by atoms with E-state index in [0.717, 1.165) is 5.56 Å². The van der Waals surface area contributed by atoms with Crippen LogP contribution in [0.1, 0.15) is 39.2 Å². The maximum atomic E-state index is 11.7. The van der Waals surface area contributed by atoms with Gasteiger partial charge in [-0.15, -0.1) is 0 Å². The first-order chi connectivity index (χ1) is 9.78. The lowest BCUT2D eigenvalue weighted by atomic mass is 10.1. The number of quaternary nitrogens is 1. The average molecular weight is 294 g/mol. The van der Waals surface area contributed by atoms with E-state index in [2.05, 4.69) is 5.73 Å². The number of hydrogen-bond donors (Lipinski definition) is 1. The topological polar surface area (TPSA) is 80.2 Å². The van der Waals surface area contributed by atoms with Gasteiger partial charge in [0.15, 0.2) is 6.04 Å². The Kier molecular flexibility index (Phi) is 6.37. The van der Waals surface area contributed by atoms with Crippen molar-refractivity contribution >= 4 is 11.9 Å². The zero-order chi connectivity index (χ0) is 15.9.